The fourth-order valence-electron chi connectivity index (χ4n) is 2.74. The molecule has 1 aliphatic rings. The summed E-state index contributed by atoms with van der Waals surface area (Å²) < 4.78 is 8.46. The highest BCUT2D eigenvalue weighted by Crippen LogP contribution is 2.27. The molecule has 0 bridgehead atoms. The molecule has 20 heavy (non-hydrogen) atoms. The second-order valence-corrected chi connectivity index (χ2v) is 6.05. The van der Waals surface area contributed by atoms with Crippen LogP contribution < -0.4 is 0 Å². The Morgan fingerprint density at radius 2 is 2.25 bits per heavy atom. The van der Waals surface area contributed by atoms with Crippen LogP contribution in [0, 0.1) is 0 Å². The van der Waals surface area contributed by atoms with E-state index in [4.69, 9.17) is 4.74 Å². The van der Waals surface area contributed by atoms with Crippen LogP contribution >= 0.6 is 15.9 Å². The number of carbonyl (C=O) groups excluding carboxylic acids is 1. The van der Waals surface area contributed by atoms with Crippen LogP contribution in [-0.2, 0) is 11.8 Å². The van der Waals surface area contributed by atoms with Gasteiger partial charge in [0.2, 0.25) is 0 Å². The van der Waals surface area contributed by atoms with Crippen LogP contribution in [0.4, 0.5) is 0 Å². The number of hydrogen-bond donors (Lipinski definition) is 0. The molecular formula is C15H17BrN2O2. The number of carbonyl (C=O) groups is 1. The smallest absolute Gasteiger partial charge is 0.270 e. The summed E-state index contributed by atoms with van der Waals surface area (Å²) in [4.78, 5) is 14.6. The minimum atomic E-state index is 0.0748. The lowest BCUT2D eigenvalue weighted by atomic mass is 10.2. The first-order valence-electron chi connectivity index (χ1n) is 6.72. The summed E-state index contributed by atoms with van der Waals surface area (Å²) in [6, 6.07) is 7.96. The van der Waals surface area contributed by atoms with Gasteiger partial charge in [-0.05, 0) is 35.0 Å². The first-order chi connectivity index (χ1) is 9.58. The van der Waals surface area contributed by atoms with Crippen LogP contribution in [0.2, 0.25) is 0 Å². The molecule has 1 saturated heterocycles. The lowest BCUT2D eigenvalue weighted by Gasteiger charge is -2.31. The number of para-hydroxylation sites is 1. The molecule has 1 aliphatic heterocycles. The third-order valence-corrected chi connectivity index (χ3v) is 4.39. The third kappa shape index (κ3) is 2.25. The molecule has 5 heteroatoms. The Balaban J connectivity index is 1.99. The minimum Gasteiger partial charge on any atom is -0.375 e. The van der Waals surface area contributed by atoms with Crippen LogP contribution in [0.3, 0.4) is 0 Å². The van der Waals surface area contributed by atoms with Crippen LogP contribution in [0.5, 0.6) is 0 Å². The Kier molecular flexibility index (Phi) is 3.56. The zero-order valence-electron chi connectivity index (χ0n) is 11.6. The topological polar surface area (TPSA) is 34.5 Å². The van der Waals surface area contributed by atoms with Crippen LogP contribution in [0.15, 0.2) is 28.7 Å². The molecule has 0 radical (unpaired) electrons. The molecular weight excluding hydrogens is 320 g/mol. The maximum atomic E-state index is 12.7. The van der Waals surface area contributed by atoms with Gasteiger partial charge in [-0.1, -0.05) is 12.1 Å². The number of aromatic nitrogens is 1. The predicted octanol–water partition coefficient (Wildman–Crippen LogP) is 2.80. The maximum absolute atomic E-state index is 12.7. The van der Waals surface area contributed by atoms with E-state index < -0.39 is 0 Å². The van der Waals surface area contributed by atoms with Crippen molar-refractivity contribution in [1.82, 2.24) is 9.47 Å². The van der Waals surface area contributed by atoms with Gasteiger partial charge in [-0.25, -0.2) is 0 Å². The normalized spacial score (nSPS) is 19.6. The zero-order chi connectivity index (χ0) is 14.3. The Hall–Kier alpha value is -1.33. The average molecular weight is 337 g/mol. The van der Waals surface area contributed by atoms with Crippen molar-refractivity contribution in [3.63, 3.8) is 0 Å². The van der Waals surface area contributed by atoms with Crippen molar-refractivity contribution in [2.24, 2.45) is 7.05 Å². The largest absolute Gasteiger partial charge is 0.375 e. The lowest BCUT2D eigenvalue weighted by molar-refractivity contribution is -0.0127. The molecule has 1 aromatic carbocycles. The van der Waals surface area contributed by atoms with Crippen molar-refractivity contribution in [1.29, 1.82) is 0 Å². The molecule has 1 atom stereocenters. The number of ether oxygens (including phenoxy) is 1. The van der Waals surface area contributed by atoms with E-state index in [0.717, 1.165) is 21.1 Å². The van der Waals surface area contributed by atoms with E-state index in [1.165, 1.54) is 0 Å². The minimum absolute atomic E-state index is 0.0748. The molecule has 1 unspecified atom stereocenters. The molecule has 0 N–H and O–H groups in total. The zero-order valence-corrected chi connectivity index (χ0v) is 13.2. The first kappa shape index (κ1) is 13.6. The molecule has 2 heterocycles. The maximum Gasteiger partial charge on any atom is 0.270 e. The molecule has 2 aromatic rings. The van der Waals surface area contributed by atoms with Gasteiger partial charge in [-0.15, -0.1) is 0 Å². The quantitative estimate of drug-likeness (QED) is 0.802. The third-order valence-electron chi connectivity index (χ3n) is 3.75. The molecule has 106 valence electrons. The number of aryl methyl sites for hydroxylation is 1. The van der Waals surface area contributed by atoms with Gasteiger partial charge in [0.05, 0.1) is 18.2 Å². The summed E-state index contributed by atoms with van der Waals surface area (Å²) >= 11 is 3.55. The Bertz CT molecular complexity index is 665. The van der Waals surface area contributed by atoms with Crippen LogP contribution in [0.25, 0.3) is 10.9 Å². The van der Waals surface area contributed by atoms with Crippen molar-refractivity contribution >= 4 is 32.7 Å². The van der Waals surface area contributed by atoms with E-state index in [1.54, 1.807) is 0 Å². The van der Waals surface area contributed by atoms with Crippen molar-refractivity contribution in [2.75, 3.05) is 19.7 Å². The van der Waals surface area contributed by atoms with E-state index in [9.17, 15) is 4.79 Å². The number of hydrogen-bond acceptors (Lipinski definition) is 2. The molecule has 1 amide bonds. The fraction of sp³-hybridized carbons (Fsp3) is 0.400. The Labute approximate surface area is 126 Å². The Morgan fingerprint density at radius 1 is 1.45 bits per heavy atom. The van der Waals surface area contributed by atoms with Crippen molar-refractivity contribution in [2.45, 2.75) is 13.0 Å². The monoisotopic (exact) mass is 336 g/mol. The second-order valence-electron chi connectivity index (χ2n) is 5.20. The lowest BCUT2D eigenvalue weighted by Crippen LogP contribution is -2.45. The van der Waals surface area contributed by atoms with Crippen molar-refractivity contribution in [3.05, 3.63) is 34.4 Å². The number of morpholine rings is 1. The molecule has 0 saturated carbocycles. The highest BCUT2D eigenvalue weighted by atomic mass is 79.9. The SMILES string of the molecule is CC1CN(C(=O)c2cc3cccc(Br)c3n2C)CCO1. The van der Waals surface area contributed by atoms with Gasteiger partial charge >= 0.3 is 0 Å². The average Bonchev–Trinajstić information content (AvgIpc) is 2.76. The van der Waals surface area contributed by atoms with E-state index in [0.29, 0.717) is 19.7 Å². The van der Waals surface area contributed by atoms with Gasteiger partial charge < -0.3 is 14.2 Å². The number of fused-ring (bicyclic) bond motifs is 1. The van der Waals surface area contributed by atoms with Gasteiger partial charge in [-0.3, -0.25) is 4.79 Å². The number of halogens is 1. The molecule has 0 aliphatic carbocycles. The highest BCUT2D eigenvalue weighted by Gasteiger charge is 2.25. The van der Waals surface area contributed by atoms with Gasteiger partial charge in [0, 0.05) is 30.0 Å². The number of benzene rings is 1. The summed E-state index contributed by atoms with van der Waals surface area (Å²) in [5, 5.41) is 1.08. The summed E-state index contributed by atoms with van der Waals surface area (Å²) in [7, 11) is 1.93. The van der Waals surface area contributed by atoms with E-state index in [-0.39, 0.29) is 12.0 Å². The summed E-state index contributed by atoms with van der Waals surface area (Å²) in [6.45, 7) is 3.92. The standard InChI is InChI=1S/C15H17BrN2O2/c1-10-9-18(6-7-20-10)15(19)13-8-11-4-3-5-12(16)14(11)17(13)2/h3-5,8,10H,6-7,9H2,1-2H3. The number of nitrogens with zero attached hydrogens (tertiary/aromatic N) is 2. The molecule has 0 spiro atoms. The summed E-state index contributed by atoms with van der Waals surface area (Å²) in [5.41, 5.74) is 1.78. The summed E-state index contributed by atoms with van der Waals surface area (Å²) in [6.07, 6.45) is 0.106. The summed E-state index contributed by atoms with van der Waals surface area (Å²) in [5.74, 6) is 0.0748. The van der Waals surface area contributed by atoms with Crippen LogP contribution in [0.1, 0.15) is 17.4 Å². The van der Waals surface area contributed by atoms with Crippen molar-refractivity contribution < 1.29 is 9.53 Å². The predicted molar refractivity (Wildman–Crippen MR) is 81.9 cm³/mol. The number of amides is 1. The molecule has 4 nitrogen and oxygen atoms in total. The molecule has 1 fully saturated rings. The van der Waals surface area contributed by atoms with E-state index in [2.05, 4.69) is 15.9 Å². The van der Waals surface area contributed by atoms with Gasteiger partial charge in [0.1, 0.15) is 5.69 Å². The second kappa shape index (κ2) is 5.22. The number of rotatable bonds is 1. The van der Waals surface area contributed by atoms with Gasteiger partial charge in [0.15, 0.2) is 0 Å². The van der Waals surface area contributed by atoms with E-state index >= 15 is 0 Å². The highest BCUT2D eigenvalue weighted by molar-refractivity contribution is 9.10. The van der Waals surface area contributed by atoms with Crippen molar-refractivity contribution in [3.8, 4) is 0 Å². The van der Waals surface area contributed by atoms with E-state index in [1.807, 2.05) is 47.7 Å². The molecule has 1 aromatic heterocycles. The Morgan fingerprint density at radius 3 is 2.95 bits per heavy atom. The fourth-order valence-corrected chi connectivity index (χ4v) is 3.38. The van der Waals surface area contributed by atoms with Gasteiger partial charge in [0.25, 0.3) is 5.91 Å². The first-order valence-corrected chi connectivity index (χ1v) is 7.52. The molecule has 3 rings (SSSR count). The van der Waals surface area contributed by atoms with Crippen LogP contribution in [-0.4, -0.2) is 41.2 Å². The van der Waals surface area contributed by atoms with Gasteiger partial charge in [-0.2, -0.15) is 0 Å².